The largest absolute Gasteiger partial charge is 0.293 e. The molecule has 0 saturated heterocycles. The van der Waals surface area contributed by atoms with Gasteiger partial charge in [-0.2, -0.15) is 0 Å². The van der Waals surface area contributed by atoms with Crippen LogP contribution in [0.15, 0.2) is 176 Å². The molecule has 10 aromatic rings. The van der Waals surface area contributed by atoms with Crippen molar-refractivity contribution < 1.29 is 0 Å². The summed E-state index contributed by atoms with van der Waals surface area (Å²) in [6.45, 7) is 0. The fourth-order valence-corrected chi connectivity index (χ4v) is 14.9. The summed E-state index contributed by atoms with van der Waals surface area (Å²) in [4.78, 5) is 11.3. The van der Waals surface area contributed by atoms with Gasteiger partial charge < -0.3 is 0 Å². The number of nitrogens with zero attached hydrogens (tertiary/aromatic N) is 3. The van der Waals surface area contributed by atoms with Crippen molar-refractivity contribution in [2.75, 3.05) is 0 Å². The van der Waals surface area contributed by atoms with E-state index < -0.39 is 8.07 Å². The second-order valence-electron chi connectivity index (χ2n) is 13.3. The minimum Gasteiger partial charge on any atom is -0.293 e. The molecule has 1 aliphatic heterocycles. The van der Waals surface area contributed by atoms with Gasteiger partial charge in [0.2, 0.25) is 0 Å². The predicted octanol–water partition coefficient (Wildman–Crippen LogP) is 8.97. The van der Waals surface area contributed by atoms with Crippen molar-refractivity contribution in [3.63, 3.8) is 0 Å². The fraction of sp³-hybridized carbons (Fsp3) is 0. The maximum absolute atomic E-state index is 5.75. The summed E-state index contributed by atoms with van der Waals surface area (Å²) < 4.78 is 5.07. The van der Waals surface area contributed by atoms with Gasteiger partial charge in [0.25, 0.3) is 0 Å². The monoisotopic (exact) mass is 683 g/mol. The summed E-state index contributed by atoms with van der Waals surface area (Å²) in [5.41, 5.74) is 5.58. The van der Waals surface area contributed by atoms with Crippen molar-refractivity contribution in [3.8, 4) is 28.5 Å². The summed E-state index contributed by atoms with van der Waals surface area (Å²) in [6.07, 6.45) is 0. The highest BCUT2D eigenvalue weighted by Gasteiger charge is 2.52. The minimum absolute atomic E-state index is 0.735. The normalized spacial score (nSPS) is 13.3. The number of para-hydroxylation sites is 1. The second-order valence-corrected chi connectivity index (χ2v) is 18.1. The van der Waals surface area contributed by atoms with Crippen LogP contribution in [-0.2, 0) is 0 Å². The van der Waals surface area contributed by atoms with Gasteiger partial charge >= 0.3 is 0 Å². The molecule has 0 atom stereocenters. The number of fused-ring (bicyclic) bond motifs is 10. The van der Waals surface area contributed by atoms with E-state index >= 15 is 0 Å². The van der Waals surface area contributed by atoms with Gasteiger partial charge in [-0.3, -0.25) is 4.57 Å². The van der Waals surface area contributed by atoms with E-state index in [0.717, 1.165) is 28.4 Å². The van der Waals surface area contributed by atoms with E-state index in [9.17, 15) is 0 Å². The van der Waals surface area contributed by atoms with Crippen molar-refractivity contribution in [1.29, 1.82) is 0 Å². The molecule has 0 radical (unpaired) electrons. The van der Waals surface area contributed by atoms with Gasteiger partial charge in [-0.05, 0) is 33.8 Å². The van der Waals surface area contributed by atoms with Crippen molar-refractivity contribution in [2.45, 2.75) is 0 Å². The highest BCUT2D eigenvalue weighted by molar-refractivity contribution is 7.26. The Hall–Kier alpha value is -6.14. The summed E-state index contributed by atoms with van der Waals surface area (Å²) in [7, 11) is -2.97. The summed E-state index contributed by atoms with van der Waals surface area (Å²) in [5.74, 6) is 1.70. The van der Waals surface area contributed by atoms with E-state index in [-0.39, 0.29) is 0 Å². The average Bonchev–Trinajstić information content (AvgIpc) is 3.85. The molecule has 0 N–H and O–H groups in total. The summed E-state index contributed by atoms with van der Waals surface area (Å²) in [5, 5.41) is 10.3. The van der Waals surface area contributed by atoms with Crippen LogP contribution in [-0.4, -0.2) is 22.6 Å². The zero-order valence-electron chi connectivity index (χ0n) is 27.5. The molecule has 5 heteroatoms. The van der Waals surface area contributed by atoms with Gasteiger partial charge in [-0.25, -0.2) is 9.97 Å². The third kappa shape index (κ3) is 3.93. The Morgan fingerprint density at radius 2 is 1.12 bits per heavy atom. The minimum atomic E-state index is -2.97. The third-order valence-electron chi connectivity index (χ3n) is 10.7. The van der Waals surface area contributed by atoms with Crippen LogP contribution in [0.5, 0.6) is 0 Å². The first-order chi connectivity index (χ1) is 25.3. The van der Waals surface area contributed by atoms with Crippen molar-refractivity contribution in [2.24, 2.45) is 0 Å². The Balaban J connectivity index is 1.41. The van der Waals surface area contributed by atoms with E-state index in [2.05, 4.69) is 180 Å². The average molecular weight is 684 g/mol. The van der Waals surface area contributed by atoms with Crippen LogP contribution in [0, 0.1) is 0 Å². The number of hydrogen-bond acceptors (Lipinski definition) is 3. The number of rotatable bonds is 4. The first-order valence-electron chi connectivity index (χ1n) is 17.3. The molecule has 3 nitrogen and oxygen atoms in total. The molecule has 1 aliphatic rings. The van der Waals surface area contributed by atoms with Crippen LogP contribution >= 0.6 is 11.3 Å². The summed E-state index contributed by atoms with van der Waals surface area (Å²) >= 11 is 1.86. The smallest absolute Gasteiger partial charge is 0.187 e. The van der Waals surface area contributed by atoms with Gasteiger partial charge in [0.1, 0.15) is 5.82 Å². The number of aromatic nitrogens is 3. The standard InChI is InChI=1S/C46H29N3SSi/c1-4-16-30(17-5-1)45-47-42-36-24-12-15-27-40(36)51(31-18-6-2-7-19-31,32-20-8-3-9-21-32)44(42)46(48-45)49-37-25-13-10-22-33(37)34-28-29-39-41(43(34)49)35-23-11-14-26-38(35)50-39/h1-29H. The van der Waals surface area contributed by atoms with Gasteiger partial charge in [-0.15, -0.1) is 11.3 Å². The molecule has 4 heterocycles. The molecule has 0 spiro atoms. The molecule has 0 unspecified atom stereocenters. The lowest BCUT2D eigenvalue weighted by atomic mass is 10.1. The molecule has 7 aromatic carbocycles. The topological polar surface area (TPSA) is 30.7 Å². The Morgan fingerprint density at radius 3 is 1.88 bits per heavy atom. The number of benzene rings is 7. The SMILES string of the molecule is c1ccc(-c2nc3c(c(-n4c5ccccc5c5ccc6sc7ccccc7c6c54)n2)[Si](c2ccccc2)(c2ccccc2)c2ccccc2-3)cc1. The molecule has 3 aromatic heterocycles. The van der Waals surface area contributed by atoms with Crippen LogP contribution in [0.2, 0.25) is 0 Å². The Kier molecular flexibility index (Phi) is 6.14. The molecule has 51 heavy (non-hydrogen) atoms. The van der Waals surface area contributed by atoms with Crippen molar-refractivity contribution in [3.05, 3.63) is 176 Å². The van der Waals surface area contributed by atoms with Gasteiger partial charge in [0, 0.05) is 47.3 Å². The lowest BCUT2D eigenvalue weighted by Crippen LogP contribution is -2.73. The predicted molar refractivity (Wildman–Crippen MR) is 217 cm³/mol. The summed E-state index contributed by atoms with van der Waals surface area (Å²) in [6, 6.07) is 64.1. The second kappa shape index (κ2) is 10.9. The highest BCUT2D eigenvalue weighted by Crippen LogP contribution is 2.43. The molecule has 0 bridgehead atoms. The van der Waals surface area contributed by atoms with Crippen LogP contribution in [0.3, 0.4) is 0 Å². The zero-order chi connectivity index (χ0) is 33.5. The maximum atomic E-state index is 5.75. The van der Waals surface area contributed by atoms with E-state index in [4.69, 9.17) is 9.97 Å². The van der Waals surface area contributed by atoms with Crippen LogP contribution < -0.4 is 20.7 Å². The van der Waals surface area contributed by atoms with E-state index in [1.54, 1.807) is 0 Å². The molecular formula is C46H29N3SSi. The van der Waals surface area contributed by atoms with Crippen LogP contribution in [0.1, 0.15) is 0 Å². The van der Waals surface area contributed by atoms with E-state index in [1.807, 2.05) is 11.3 Å². The maximum Gasteiger partial charge on any atom is 0.187 e. The molecule has 11 rings (SSSR count). The number of thiophene rings is 1. The Morgan fingerprint density at radius 1 is 0.490 bits per heavy atom. The van der Waals surface area contributed by atoms with Crippen LogP contribution in [0.25, 0.3) is 70.4 Å². The fourth-order valence-electron chi connectivity index (χ4n) is 8.65. The zero-order valence-corrected chi connectivity index (χ0v) is 29.3. The molecule has 0 saturated carbocycles. The first kappa shape index (κ1) is 28.7. The molecule has 0 aliphatic carbocycles. The number of hydrogen-bond donors (Lipinski definition) is 0. The van der Waals surface area contributed by atoms with Gasteiger partial charge in [0.15, 0.2) is 13.9 Å². The Bertz CT molecular complexity index is 2930. The molecule has 0 amide bonds. The first-order valence-corrected chi connectivity index (χ1v) is 20.2. The van der Waals surface area contributed by atoms with E-state index in [1.165, 1.54) is 62.8 Å². The molecular weight excluding hydrogens is 655 g/mol. The van der Waals surface area contributed by atoms with Crippen LogP contribution in [0.4, 0.5) is 0 Å². The van der Waals surface area contributed by atoms with Gasteiger partial charge in [-0.1, -0.05) is 158 Å². The highest BCUT2D eigenvalue weighted by atomic mass is 32.1. The Labute approximate surface area is 299 Å². The van der Waals surface area contributed by atoms with Crippen molar-refractivity contribution >= 4 is 82.1 Å². The quantitative estimate of drug-likeness (QED) is 0.174. The lowest BCUT2D eigenvalue weighted by Gasteiger charge is -2.32. The van der Waals surface area contributed by atoms with Gasteiger partial charge in [0.05, 0.1) is 16.7 Å². The third-order valence-corrected chi connectivity index (χ3v) is 16.7. The lowest BCUT2D eigenvalue weighted by molar-refractivity contribution is 1.07. The van der Waals surface area contributed by atoms with Crippen molar-refractivity contribution in [1.82, 2.24) is 14.5 Å². The van der Waals surface area contributed by atoms with E-state index in [0.29, 0.717) is 0 Å². The molecule has 0 fully saturated rings. The molecule has 238 valence electrons.